The van der Waals surface area contributed by atoms with E-state index in [1.54, 1.807) is 4.68 Å². The van der Waals surface area contributed by atoms with E-state index in [4.69, 9.17) is 0 Å². The van der Waals surface area contributed by atoms with Gasteiger partial charge in [0.05, 0.1) is 18.8 Å². The van der Waals surface area contributed by atoms with Crippen molar-refractivity contribution in [1.82, 2.24) is 24.8 Å². The number of carbonyl (C=O) groups excluding carboxylic acids is 1. The summed E-state index contributed by atoms with van der Waals surface area (Å²) in [4.78, 5) is 15.8. The lowest BCUT2D eigenvalue weighted by Gasteiger charge is -2.16. The van der Waals surface area contributed by atoms with Crippen LogP contribution in [0.1, 0.15) is 32.1 Å². The predicted molar refractivity (Wildman–Crippen MR) is 69.7 cm³/mol. The zero-order valence-corrected chi connectivity index (χ0v) is 12.1. The Morgan fingerprint density at radius 3 is 2.68 bits per heavy atom. The van der Waals surface area contributed by atoms with Gasteiger partial charge in [0.25, 0.3) is 0 Å². The van der Waals surface area contributed by atoms with Gasteiger partial charge in [0.2, 0.25) is 15.9 Å². The highest BCUT2D eigenvalue weighted by Gasteiger charge is 2.18. The maximum Gasteiger partial charge on any atom is 0.235 e. The molecule has 0 aromatic carbocycles. The highest BCUT2D eigenvalue weighted by Crippen LogP contribution is 2.12. The van der Waals surface area contributed by atoms with Gasteiger partial charge in [0.15, 0.2) is 0 Å². The van der Waals surface area contributed by atoms with Crippen molar-refractivity contribution in [3.8, 4) is 0 Å². The predicted octanol–water partition coefficient (Wildman–Crippen LogP) is -0.585. The van der Waals surface area contributed by atoms with Gasteiger partial charge in [-0.15, -0.1) is 0 Å². The average molecular weight is 289 g/mol. The number of nitrogens with zero attached hydrogens (tertiary/aromatic N) is 3. The van der Waals surface area contributed by atoms with Crippen LogP contribution in [0.15, 0.2) is 6.33 Å². The van der Waals surface area contributed by atoms with E-state index in [-0.39, 0.29) is 12.6 Å². The van der Waals surface area contributed by atoms with Gasteiger partial charge in [-0.25, -0.2) is 22.8 Å². The molecule has 1 rings (SSSR count). The summed E-state index contributed by atoms with van der Waals surface area (Å²) in [6, 6.07) is -0.281. The standard InChI is InChI=1S/C10H19N5O3S/c1-4-8(10-11-7-12-15(10)5-2)14-9(16)6-13-19(3,17)18/h7-8,13H,4-6H2,1-3H3,(H,14,16). The molecule has 0 spiro atoms. The molecule has 108 valence electrons. The minimum atomic E-state index is -3.37. The first-order chi connectivity index (χ1) is 8.87. The molecule has 0 saturated carbocycles. The van der Waals surface area contributed by atoms with E-state index >= 15 is 0 Å². The van der Waals surface area contributed by atoms with E-state index in [1.165, 1.54) is 6.33 Å². The second-order valence-corrected chi connectivity index (χ2v) is 5.89. The lowest BCUT2D eigenvalue weighted by atomic mass is 10.2. The van der Waals surface area contributed by atoms with Crippen LogP contribution in [0.5, 0.6) is 0 Å². The molecule has 1 aromatic rings. The number of hydrogen-bond acceptors (Lipinski definition) is 5. The van der Waals surface area contributed by atoms with Gasteiger partial charge in [0, 0.05) is 6.54 Å². The Morgan fingerprint density at radius 1 is 1.47 bits per heavy atom. The maximum atomic E-state index is 11.7. The molecule has 0 radical (unpaired) electrons. The van der Waals surface area contributed by atoms with Crippen molar-refractivity contribution in [3.63, 3.8) is 0 Å². The van der Waals surface area contributed by atoms with E-state index in [2.05, 4.69) is 20.1 Å². The summed E-state index contributed by atoms with van der Waals surface area (Å²) < 4.78 is 25.6. The van der Waals surface area contributed by atoms with Gasteiger partial charge in [-0.1, -0.05) is 6.92 Å². The van der Waals surface area contributed by atoms with Crippen molar-refractivity contribution in [1.29, 1.82) is 0 Å². The average Bonchev–Trinajstić information content (AvgIpc) is 2.80. The number of aryl methyl sites for hydroxylation is 1. The number of sulfonamides is 1. The van der Waals surface area contributed by atoms with Crippen molar-refractivity contribution in [2.45, 2.75) is 32.9 Å². The second kappa shape index (κ2) is 6.62. The van der Waals surface area contributed by atoms with Gasteiger partial charge in [-0.3, -0.25) is 4.79 Å². The van der Waals surface area contributed by atoms with Crippen molar-refractivity contribution in [3.05, 3.63) is 12.2 Å². The van der Waals surface area contributed by atoms with Crippen molar-refractivity contribution in [2.75, 3.05) is 12.8 Å². The van der Waals surface area contributed by atoms with Crippen LogP contribution in [-0.2, 0) is 21.4 Å². The van der Waals surface area contributed by atoms with Gasteiger partial charge in [-0.05, 0) is 13.3 Å². The molecule has 0 saturated heterocycles. The molecule has 0 bridgehead atoms. The Morgan fingerprint density at radius 2 is 2.16 bits per heavy atom. The summed E-state index contributed by atoms with van der Waals surface area (Å²) in [7, 11) is -3.37. The van der Waals surface area contributed by atoms with Gasteiger partial charge < -0.3 is 5.32 Å². The molecular formula is C10H19N5O3S. The summed E-state index contributed by atoms with van der Waals surface area (Å²) in [5.74, 6) is 0.264. The van der Waals surface area contributed by atoms with Crippen LogP contribution in [0.3, 0.4) is 0 Å². The SMILES string of the molecule is CCC(NC(=O)CNS(C)(=O)=O)c1ncnn1CC. The molecule has 1 atom stereocenters. The Bertz CT molecular complexity index is 525. The van der Waals surface area contributed by atoms with Gasteiger partial charge >= 0.3 is 0 Å². The molecule has 2 N–H and O–H groups in total. The normalized spacial score (nSPS) is 13.2. The first kappa shape index (κ1) is 15.6. The van der Waals surface area contributed by atoms with E-state index in [0.717, 1.165) is 6.26 Å². The van der Waals surface area contributed by atoms with E-state index in [1.807, 2.05) is 13.8 Å². The molecule has 0 fully saturated rings. The Balaban J connectivity index is 2.65. The van der Waals surface area contributed by atoms with Gasteiger partial charge in [0.1, 0.15) is 12.2 Å². The lowest BCUT2D eigenvalue weighted by molar-refractivity contribution is -0.120. The molecule has 0 aliphatic heterocycles. The lowest BCUT2D eigenvalue weighted by Crippen LogP contribution is -2.38. The zero-order chi connectivity index (χ0) is 14.5. The minimum absolute atomic E-state index is 0.281. The number of nitrogens with one attached hydrogen (secondary N) is 2. The van der Waals surface area contributed by atoms with Crippen molar-refractivity contribution in [2.24, 2.45) is 0 Å². The quantitative estimate of drug-likeness (QED) is 0.698. The fourth-order valence-corrected chi connectivity index (χ4v) is 1.97. The topological polar surface area (TPSA) is 106 Å². The molecule has 1 amide bonds. The molecule has 0 aliphatic carbocycles. The number of amides is 1. The Hall–Kier alpha value is -1.48. The molecule has 0 aliphatic rings. The monoisotopic (exact) mass is 289 g/mol. The first-order valence-corrected chi connectivity index (χ1v) is 7.88. The maximum absolute atomic E-state index is 11.7. The highest BCUT2D eigenvalue weighted by atomic mass is 32.2. The van der Waals surface area contributed by atoms with Crippen LogP contribution in [0.25, 0.3) is 0 Å². The van der Waals surface area contributed by atoms with Crippen LogP contribution in [0, 0.1) is 0 Å². The smallest absolute Gasteiger partial charge is 0.235 e. The fourth-order valence-electron chi connectivity index (χ4n) is 1.58. The molecule has 9 heteroatoms. The first-order valence-electron chi connectivity index (χ1n) is 5.99. The van der Waals surface area contributed by atoms with Crippen LogP contribution in [-0.4, -0.2) is 41.9 Å². The number of hydrogen-bond donors (Lipinski definition) is 2. The summed E-state index contributed by atoms with van der Waals surface area (Å²) >= 11 is 0. The summed E-state index contributed by atoms with van der Waals surface area (Å²) in [5, 5.41) is 6.77. The molecule has 19 heavy (non-hydrogen) atoms. The third kappa shape index (κ3) is 4.95. The minimum Gasteiger partial charge on any atom is -0.345 e. The van der Waals surface area contributed by atoms with Crippen LogP contribution in [0.2, 0.25) is 0 Å². The largest absolute Gasteiger partial charge is 0.345 e. The van der Waals surface area contributed by atoms with E-state index in [0.29, 0.717) is 18.8 Å². The van der Waals surface area contributed by atoms with Crippen molar-refractivity contribution < 1.29 is 13.2 Å². The number of carbonyl (C=O) groups is 1. The van der Waals surface area contributed by atoms with Crippen LogP contribution in [0.4, 0.5) is 0 Å². The summed E-state index contributed by atoms with van der Waals surface area (Å²) in [6.45, 7) is 4.21. The Kier molecular flexibility index (Phi) is 5.43. The highest BCUT2D eigenvalue weighted by molar-refractivity contribution is 7.88. The molecule has 1 heterocycles. The second-order valence-electron chi connectivity index (χ2n) is 4.06. The van der Waals surface area contributed by atoms with Gasteiger partial charge in [-0.2, -0.15) is 5.10 Å². The van der Waals surface area contributed by atoms with E-state index < -0.39 is 15.9 Å². The van der Waals surface area contributed by atoms with Crippen molar-refractivity contribution >= 4 is 15.9 Å². The number of aromatic nitrogens is 3. The van der Waals surface area contributed by atoms with E-state index in [9.17, 15) is 13.2 Å². The summed E-state index contributed by atoms with van der Waals surface area (Å²) in [5.41, 5.74) is 0. The fraction of sp³-hybridized carbons (Fsp3) is 0.700. The zero-order valence-electron chi connectivity index (χ0n) is 11.3. The molecule has 1 aromatic heterocycles. The molecule has 1 unspecified atom stereocenters. The van der Waals surface area contributed by atoms with Crippen LogP contribution >= 0.6 is 0 Å². The third-order valence-corrected chi connectivity index (χ3v) is 3.16. The molecule has 8 nitrogen and oxygen atoms in total. The molecular weight excluding hydrogens is 270 g/mol. The third-order valence-electron chi connectivity index (χ3n) is 2.50. The number of rotatable bonds is 7. The summed E-state index contributed by atoms with van der Waals surface area (Å²) in [6.07, 6.45) is 3.08. The Labute approximate surface area is 112 Å². The van der Waals surface area contributed by atoms with Crippen LogP contribution < -0.4 is 10.0 Å².